The predicted octanol–water partition coefficient (Wildman–Crippen LogP) is 6.12. The van der Waals surface area contributed by atoms with Crippen molar-refractivity contribution in [1.29, 1.82) is 0 Å². The van der Waals surface area contributed by atoms with Crippen LogP contribution in [0.3, 0.4) is 0 Å². The third-order valence-corrected chi connectivity index (χ3v) is 8.95. The molecule has 1 amide bonds. The van der Waals surface area contributed by atoms with Gasteiger partial charge in [-0.25, -0.2) is 9.59 Å². The molecule has 3 aromatic rings. The minimum absolute atomic E-state index is 0.103. The number of amides is 1. The van der Waals surface area contributed by atoms with Crippen molar-refractivity contribution in [3.05, 3.63) is 75.1 Å². The van der Waals surface area contributed by atoms with Crippen LogP contribution in [-0.2, 0) is 9.63 Å². The van der Waals surface area contributed by atoms with E-state index in [0.717, 1.165) is 12.0 Å². The molecule has 36 heavy (non-hydrogen) atoms. The van der Waals surface area contributed by atoms with Crippen molar-refractivity contribution in [1.82, 2.24) is 0 Å². The van der Waals surface area contributed by atoms with Crippen LogP contribution in [0.4, 0.5) is 5.69 Å². The number of hydrogen-bond donors (Lipinski definition) is 1. The van der Waals surface area contributed by atoms with Crippen molar-refractivity contribution in [2.75, 3.05) is 5.32 Å². The first-order chi connectivity index (χ1) is 17.0. The lowest BCUT2D eigenvalue weighted by molar-refractivity contribution is -0.130. The molecule has 1 aromatic heterocycles. The van der Waals surface area contributed by atoms with Crippen molar-refractivity contribution < 1.29 is 18.8 Å². The maximum absolute atomic E-state index is 13.7. The maximum Gasteiger partial charge on any atom is 0.373 e. The van der Waals surface area contributed by atoms with Gasteiger partial charge in [-0.2, -0.15) is 0 Å². The normalized spacial score (nSPS) is 25.3. The molecule has 0 radical (unpaired) electrons. The molecule has 7 nitrogen and oxygen atoms in total. The number of oxime groups is 1. The molecule has 5 rings (SSSR count). The number of carbonyl (C=O) groups is 2. The number of carbonyl (C=O) groups excluding carboxylic acids is 2. The van der Waals surface area contributed by atoms with Gasteiger partial charge in [0.2, 0.25) is 5.91 Å². The summed E-state index contributed by atoms with van der Waals surface area (Å²) in [5.41, 5.74) is -0.0504. The topological polar surface area (TPSA) is 98.0 Å². The number of anilines is 1. The molecule has 186 valence electrons. The molecule has 1 N–H and O–H groups in total. The molecule has 2 aliphatic rings. The van der Waals surface area contributed by atoms with E-state index in [4.69, 9.17) is 20.9 Å². The number of hydrogen-bond acceptors (Lipinski definition) is 6. The maximum atomic E-state index is 13.7. The van der Waals surface area contributed by atoms with E-state index in [2.05, 4.69) is 31.2 Å². The Morgan fingerprint density at radius 2 is 1.83 bits per heavy atom. The summed E-state index contributed by atoms with van der Waals surface area (Å²) < 4.78 is 5.24. The minimum atomic E-state index is -0.890. The van der Waals surface area contributed by atoms with Crippen LogP contribution in [-0.4, -0.2) is 17.6 Å². The van der Waals surface area contributed by atoms with Crippen molar-refractivity contribution >= 4 is 45.8 Å². The van der Waals surface area contributed by atoms with Gasteiger partial charge >= 0.3 is 11.6 Å². The molecule has 2 unspecified atom stereocenters. The van der Waals surface area contributed by atoms with Gasteiger partial charge in [-0.1, -0.05) is 61.8 Å². The smallest absolute Gasteiger partial charge is 0.373 e. The van der Waals surface area contributed by atoms with Crippen LogP contribution < -0.4 is 10.9 Å². The van der Waals surface area contributed by atoms with E-state index >= 15 is 0 Å². The van der Waals surface area contributed by atoms with E-state index in [1.807, 2.05) is 13.0 Å². The van der Waals surface area contributed by atoms with Crippen LogP contribution in [0, 0.1) is 23.2 Å². The van der Waals surface area contributed by atoms with Crippen LogP contribution in [0.1, 0.15) is 56.0 Å². The lowest BCUT2D eigenvalue weighted by Crippen LogP contribution is -2.43. The molecular weight excluding hydrogens is 480 g/mol. The Kier molecular flexibility index (Phi) is 5.59. The highest BCUT2D eigenvalue weighted by Crippen LogP contribution is 2.71. The average Bonchev–Trinajstić information content (AvgIpc) is 3.15. The summed E-state index contributed by atoms with van der Waals surface area (Å²) in [6.45, 7) is 8.09. The number of rotatable bonds is 4. The number of benzene rings is 2. The second kappa shape index (κ2) is 8.30. The standard InChI is InChI=1S/C28H27ClN2O5/c1-16-9-10-18(29)14-20(16)30-25(34)28-12-11-27(4,26(28,2)3)22(15-28)31-36-24(33)19-13-17-7-5-6-8-21(17)35-23(19)32/h5-10,13-14H,11-12,15H2,1-4H3,(H,30,34)/b31-22-. The Morgan fingerprint density at radius 3 is 2.61 bits per heavy atom. The molecule has 2 aromatic carbocycles. The molecule has 0 saturated heterocycles. The van der Waals surface area contributed by atoms with Gasteiger partial charge in [0.15, 0.2) is 0 Å². The minimum Gasteiger partial charge on any atom is -0.422 e. The van der Waals surface area contributed by atoms with E-state index in [1.165, 1.54) is 6.07 Å². The van der Waals surface area contributed by atoms with Crippen molar-refractivity contribution in [3.8, 4) is 0 Å². The molecule has 1 heterocycles. The third kappa shape index (κ3) is 3.48. The van der Waals surface area contributed by atoms with Crippen LogP contribution in [0.5, 0.6) is 0 Å². The molecule has 2 fully saturated rings. The zero-order valence-corrected chi connectivity index (χ0v) is 21.4. The van der Waals surface area contributed by atoms with Crippen LogP contribution >= 0.6 is 11.6 Å². The largest absolute Gasteiger partial charge is 0.422 e. The van der Waals surface area contributed by atoms with Gasteiger partial charge in [0, 0.05) is 27.9 Å². The average molecular weight is 507 g/mol. The van der Waals surface area contributed by atoms with Gasteiger partial charge in [-0.15, -0.1) is 0 Å². The SMILES string of the molecule is Cc1ccc(Cl)cc1NC(=O)C12CCC(C)(/C(=N\OC(=O)c3cc4ccccc4oc3=O)C1)C2(C)C. The van der Waals surface area contributed by atoms with E-state index in [9.17, 15) is 14.4 Å². The second-order valence-corrected chi connectivity index (χ2v) is 11.0. The fourth-order valence-corrected chi connectivity index (χ4v) is 6.02. The summed E-state index contributed by atoms with van der Waals surface area (Å²) in [4.78, 5) is 44.1. The first kappa shape index (κ1) is 24.3. The van der Waals surface area contributed by atoms with Gasteiger partial charge in [0.25, 0.3) is 0 Å². The quantitative estimate of drug-likeness (QED) is 0.261. The zero-order chi connectivity index (χ0) is 25.9. The lowest BCUT2D eigenvalue weighted by Gasteiger charge is -2.39. The third-order valence-electron chi connectivity index (χ3n) is 8.72. The van der Waals surface area contributed by atoms with E-state index in [0.29, 0.717) is 40.2 Å². The second-order valence-electron chi connectivity index (χ2n) is 10.5. The summed E-state index contributed by atoms with van der Waals surface area (Å²) in [7, 11) is 0. The van der Waals surface area contributed by atoms with E-state index in [-0.39, 0.29) is 11.5 Å². The fraction of sp³-hybridized carbons (Fsp3) is 0.357. The molecule has 0 aliphatic heterocycles. The molecule has 2 saturated carbocycles. The zero-order valence-electron chi connectivity index (χ0n) is 20.6. The van der Waals surface area contributed by atoms with Gasteiger partial charge in [0.05, 0.1) is 11.1 Å². The molecular formula is C28H27ClN2O5. The number of para-hydroxylation sites is 1. The lowest BCUT2D eigenvalue weighted by atomic mass is 9.64. The van der Waals surface area contributed by atoms with Gasteiger partial charge in [0.1, 0.15) is 11.1 Å². The van der Waals surface area contributed by atoms with Crippen molar-refractivity contribution in [3.63, 3.8) is 0 Å². The first-order valence-electron chi connectivity index (χ1n) is 11.9. The highest BCUT2D eigenvalue weighted by atomic mass is 35.5. The van der Waals surface area contributed by atoms with Crippen LogP contribution in [0.25, 0.3) is 11.0 Å². The Balaban J connectivity index is 1.43. The highest BCUT2D eigenvalue weighted by molar-refractivity contribution is 6.31. The predicted molar refractivity (Wildman–Crippen MR) is 138 cm³/mol. The van der Waals surface area contributed by atoms with E-state index in [1.54, 1.807) is 36.4 Å². The molecule has 2 atom stereocenters. The monoisotopic (exact) mass is 506 g/mol. The molecule has 2 bridgehead atoms. The number of halogens is 1. The van der Waals surface area contributed by atoms with Gasteiger partial charge < -0.3 is 14.6 Å². The Bertz CT molecular complexity index is 1510. The Morgan fingerprint density at radius 1 is 1.08 bits per heavy atom. The summed E-state index contributed by atoms with van der Waals surface area (Å²) in [5.74, 6) is -0.993. The summed E-state index contributed by atoms with van der Waals surface area (Å²) in [5, 5.41) is 8.45. The van der Waals surface area contributed by atoms with Crippen LogP contribution in [0.15, 0.2) is 62.9 Å². The first-order valence-corrected chi connectivity index (χ1v) is 12.3. The summed E-state index contributed by atoms with van der Waals surface area (Å²) in [6, 6.07) is 13.8. The number of nitrogens with one attached hydrogen (secondary N) is 1. The molecule has 0 spiro atoms. The van der Waals surface area contributed by atoms with E-state index < -0.39 is 27.8 Å². The van der Waals surface area contributed by atoms with Crippen molar-refractivity contribution in [2.45, 2.75) is 47.0 Å². The summed E-state index contributed by atoms with van der Waals surface area (Å²) >= 11 is 6.15. The fourth-order valence-electron chi connectivity index (χ4n) is 5.84. The number of fused-ring (bicyclic) bond motifs is 3. The number of aryl methyl sites for hydroxylation is 1. The highest BCUT2D eigenvalue weighted by Gasteiger charge is 2.71. The number of nitrogens with zero attached hydrogens (tertiary/aromatic N) is 1. The summed E-state index contributed by atoms with van der Waals surface area (Å²) in [6.07, 6.45) is 1.75. The van der Waals surface area contributed by atoms with Crippen molar-refractivity contribution in [2.24, 2.45) is 21.4 Å². The van der Waals surface area contributed by atoms with Gasteiger partial charge in [-0.05, 0) is 55.0 Å². The van der Waals surface area contributed by atoms with Crippen LogP contribution in [0.2, 0.25) is 5.02 Å². The Hall–Kier alpha value is -3.45. The molecule has 2 aliphatic carbocycles. The molecule has 8 heteroatoms. The van der Waals surface area contributed by atoms with Gasteiger partial charge in [-0.3, -0.25) is 4.79 Å². The Labute approximate surface area is 213 Å².